The number of guanidine groups is 1. The molecule has 0 amide bonds. The van der Waals surface area contributed by atoms with E-state index >= 15 is 0 Å². The number of likely N-dealkylation sites (tertiary alicyclic amines) is 1. The number of ether oxygens (including phenoxy) is 1. The summed E-state index contributed by atoms with van der Waals surface area (Å²) < 4.78 is 5.68. The number of hydrogen-bond acceptors (Lipinski definition) is 3. The van der Waals surface area contributed by atoms with Crippen LogP contribution in [0.3, 0.4) is 0 Å². The molecule has 1 aliphatic heterocycles. The van der Waals surface area contributed by atoms with Gasteiger partial charge in [0.15, 0.2) is 5.96 Å². The molecule has 2 rings (SSSR count). The second-order valence-corrected chi connectivity index (χ2v) is 6.80. The summed E-state index contributed by atoms with van der Waals surface area (Å²) in [6, 6.07) is 0.617. The lowest BCUT2D eigenvalue weighted by atomic mass is 10.0. The predicted octanol–water partition coefficient (Wildman–Crippen LogP) is 2.85. The first-order chi connectivity index (χ1) is 11.3. The number of aliphatic imine (C=N–C) groups is 1. The van der Waals surface area contributed by atoms with E-state index in [4.69, 9.17) is 9.73 Å². The molecule has 142 valence electrons. The molecule has 2 N–H and O–H groups in total. The molecule has 0 spiro atoms. The van der Waals surface area contributed by atoms with Crippen LogP contribution in [-0.4, -0.2) is 62.8 Å². The molecule has 5 nitrogen and oxygen atoms in total. The number of halogens is 1. The normalized spacial score (nSPS) is 22.1. The van der Waals surface area contributed by atoms with Crippen LogP contribution in [0.5, 0.6) is 0 Å². The van der Waals surface area contributed by atoms with E-state index in [1.54, 1.807) is 0 Å². The zero-order valence-corrected chi connectivity index (χ0v) is 17.9. The van der Waals surface area contributed by atoms with Crippen molar-refractivity contribution in [2.24, 2.45) is 10.9 Å². The Balaban J connectivity index is 0.00000288. The largest absolute Gasteiger partial charge is 0.381 e. The molecule has 2 aliphatic rings. The minimum absolute atomic E-state index is 0. The lowest BCUT2D eigenvalue weighted by molar-refractivity contribution is 0.123. The van der Waals surface area contributed by atoms with Crippen molar-refractivity contribution in [3.05, 3.63) is 0 Å². The molecule has 0 aromatic rings. The Morgan fingerprint density at radius 1 is 1.17 bits per heavy atom. The maximum absolute atomic E-state index is 5.68. The summed E-state index contributed by atoms with van der Waals surface area (Å²) in [4.78, 5) is 7.38. The molecule has 2 fully saturated rings. The molecule has 1 aliphatic carbocycles. The second-order valence-electron chi connectivity index (χ2n) is 6.80. The first kappa shape index (κ1) is 22.0. The van der Waals surface area contributed by atoms with Crippen LogP contribution in [0, 0.1) is 5.92 Å². The molecular formula is C18H37IN4O. The van der Waals surface area contributed by atoms with Gasteiger partial charge in [0.25, 0.3) is 0 Å². The molecule has 1 saturated heterocycles. The van der Waals surface area contributed by atoms with Crippen molar-refractivity contribution in [3.8, 4) is 0 Å². The zero-order valence-electron chi connectivity index (χ0n) is 15.6. The molecule has 1 unspecified atom stereocenters. The number of nitrogens with zero attached hydrogens (tertiary/aromatic N) is 2. The van der Waals surface area contributed by atoms with Gasteiger partial charge >= 0.3 is 0 Å². The highest BCUT2D eigenvalue weighted by Crippen LogP contribution is 2.28. The second kappa shape index (κ2) is 13.2. The number of hydrogen-bond donors (Lipinski definition) is 2. The Morgan fingerprint density at radius 3 is 2.71 bits per heavy atom. The monoisotopic (exact) mass is 452 g/mol. The van der Waals surface area contributed by atoms with E-state index in [0.29, 0.717) is 6.04 Å². The number of piperidine rings is 1. The quantitative estimate of drug-likeness (QED) is 0.232. The van der Waals surface area contributed by atoms with Gasteiger partial charge < -0.3 is 15.4 Å². The van der Waals surface area contributed by atoms with Crippen LogP contribution in [0.25, 0.3) is 0 Å². The van der Waals surface area contributed by atoms with E-state index in [1.807, 2.05) is 0 Å². The summed E-state index contributed by atoms with van der Waals surface area (Å²) in [6.45, 7) is 11.3. The lowest BCUT2D eigenvalue weighted by Crippen LogP contribution is -2.43. The Bertz CT molecular complexity index is 350. The van der Waals surface area contributed by atoms with Crippen LogP contribution in [0.4, 0.5) is 0 Å². The average molecular weight is 452 g/mol. The first-order valence-corrected chi connectivity index (χ1v) is 9.67. The SMILES string of the molecule is CCNC(=NCC1CCCCN1CC)NCCCOCC1CC1.I. The highest BCUT2D eigenvalue weighted by Gasteiger charge is 2.21. The third-order valence-electron chi connectivity index (χ3n) is 4.77. The average Bonchev–Trinajstić information content (AvgIpc) is 3.40. The van der Waals surface area contributed by atoms with Gasteiger partial charge in [-0.2, -0.15) is 0 Å². The summed E-state index contributed by atoms with van der Waals surface area (Å²) in [7, 11) is 0. The van der Waals surface area contributed by atoms with Gasteiger partial charge in [-0.25, -0.2) is 0 Å². The highest BCUT2D eigenvalue weighted by atomic mass is 127. The number of rotatable bonds is 10. The summed E-state index contributed by atoms with van der Waals surface area (Å²) in [5.74, 6) is 1.81. The maximum Gasteiger partial charge on any atom is 0.191 e. The summed E-state index contributed by atoms with van der Waals surface area (Å²) in [5, 5.41) is 6.79. The van der Waals surface area contributed by atoms with E-state index in [0.717, 1.165) is 57.7 Å². The first-order valence-electron chi connectivity index (χ1n) is 9.67. The van der Waals surface area contributed by atoms with Gasteiger partial charge in [0.2, 0.25) is 0 Å². The molecule has 0 aromatic heterocycles. The standard InChI is InChI=1S/C18H36N4O.HI/c1-3-19-18(20-11-7-13-23-15-16-9-10-16)21-14-17-8-5-6-12-22(17)4-2;/h16-17H,3-15H2,1-2H3,(H2,19,20,21);1H. The molecule has 1 heterocycles. The number of nitrogens with one attached hydrogen (secondary N) is 2. The van der Waals surface area contributed by atoms with E-state index in [-0.39, 0.29) is 24.0 Å². The van der Waals surface area contributed by atoms with Crippen molar-refractivity contribution >= 4 is 29.9 Å². The Morgan fingerprint density at radius 2 is 2.00 bits per heavy atom. The topological polar surface area (TPSA) is 48.9 Å². The maximum atomic E-state index is 5.68. The molecule has 6 heteroatoms. The Kier molecular flexibility index (Phi) is 12.0. The van der Waals surface area contributed by atoms with Crippen molar-refractivity contribution in [1.29, 1.82) is 0 Å². The van der Waals surface area contributed by atoms with Crippen molar-refractivity contribution in [2.45, 2.75) is 58.4 Å². The van der Waals surface area contributed by atoms with Gasteiger partial charge in [-0.05, 0) is 58.0 Å². The summed E-state index contributed by atoms with van der Waals surface area (Å²) in [6.07, 6.45) is 7.75. The summed E-state index contributed by atoms with van der Waals surface area (Å²) >= 11 is 0. The van der Waals surface area contributed by atoms with Crippen LogP contribution < -0.4 is 10.6 Å². The van der Waals surface area contributed by atoms with Crippen LogP contribution in [-0.2, 0) is 4.74 Å². The molecular weight excluding hydrogens is 415 g/mol. The molecule has 0 bridgehead atoms. The van der Waals surface area contributed by atoms with Crippen LogP contribution >= 0.6 is 24.0 Å². The van der Waals surface area contributed by atoms with Gasteiger partial charge in [-0.15, -0.1) is 24.0 Å². The zero-order chi connectivity index (χ0) is 16.3. The lowest BCUT2D eigenvalue weighted by Gasteiger charge is -2.33. The molecule has 0 radical (unpaired) electrons. The van der Waals surface area contributed by atoms with Gasteiger partial charge in [0.05, 0.1) is 6.54 Å². The van der Waals surface area contributed by atoms with Gasteiger partial charge in [0, 0.05) is 32.3 Å². The fourth-order valence-electron chi connectivity index (χ4n) is 3.14. The van der Waals surface area contributed by atoms with Crippen molar-refractivity contribution in [1.82, 2.24) is 15.5 Å². The van der Waals surface area contributed by atoms with Crippen molar-refractivity contribution in [2.75, 3.05) is 45.9 Å². The van der Waals surface area contributed by atoms with Gasteiger partial charge in [0.1, 0.15) is 0 Å². The fourth-order valence-corrected chi connectivity index (χ4v) is 3.14. The molecule has 1 saturated carbocycles. The van der Waals surface area contributed by atoms with E-state index in [2.05, 4.69) is 29.4 Å². The van der Waals surface area contributed by atoms with E-state index in [1.165, 1.54) is 38.6 Å². The molecule has 24 heavy (non-hydrogen) atoms. The number of likely N-dealkylation sites (N-methyl/N-ethyl adjacent to an activating group) is 1. The fraction of sp³-hybridized carbons (Fsp3) is 0.944. The Hall–Kier alpha value is -0.0800. The minimum atomic E-state index is 0. The van der Waals surface area contributed by atoms with Crippen LogP contribution in [0.1, 0.15) is 52.4 Å². The van der Waals surface area contributed by atoms with Crippen molar-refractivity contribution in [3.63, 3.8) is 0 Å². The van der Waals surface area contributed by atoms with Gasteiger partial charge in [-0.3, -0.25) is 9.89 Å². The highest BCUT2D eigenvalue weighted by molar-refractivity contribution is 14.0. The van der Waals surface area contributed by atoms with Crippen LogP contribution in [0.15, 0.2) is 4.99 Å². The van der Waals surface area contributed by atoms with Crippen molar-refractivity contribution < 1.29 is 4.74 Å². The van der Waals surface area contributed by atoms with Gasteiger partial charge in [-0.1, -0.05) is 13.3 Å². The smallest absolute Gasteiger partial charge is 0.191 e. The Labute approximate surface area is 165 Å². The van der Waals surface area contributed by atoms with E-state index < -0.39 is 0 Å². The summed E-state index contributed by atoms with van der Waals surface area (Å²) in [5.41, 5.74) is 0. The van der Waals surface area contributed by atoms with Crippen LogP contribution in [0.2, 0.25) is 0 Å². The third-order valence-corrected chi connectivity index (χ3v) is 4.77. The van der Waals surface area contributed by atoms with E-state index in [9.17, 15) is 0 Å². The molecule has 0 aromatic carbocycles. The minimum Gasteiger partial charge on any atom is -0.381 e. The molecule has 1 atom stereocenters. The predicted molar refractivity (Wildman–Crippen MR) is 112 cm³/mol. The third kappa shape index (κ3) is 8.85.